The van der Waals surface area contributed by atoms with Crippen molar-refractivity contribution in [2.24, 2.45) is 0 Å². The lowest BCUT2D eigenvalue weighted by Gasteiger charge is -2.32. The third kappa shape index (κ3) is 7.65. The van der Waals surface area contributed by atoms with Gasteiger partial charge in [-0.05, 0) is 134 Å². The molecule has 2 aliphatic heterocycles. The molecule has 11 heteroatoms. The summed E-state index contributed by atoms with van der Waals surface area (Å²) in [5, 5.41) is 0. The fraction of sp³-hybridized carbons (Fsp3) is 0.447. The molecule has 0 aliphatic carbocycles. The lowest BCUT2D eigenvalue weighted by atomic mass is 9.78. The number of benzene rings is 3. The van der Waals surface area contributed by atoms with Crippen LogP contribution in [0.1, 0.15) is 117 Å². The molecule has 2 fully saturated rings. The molecule has 0 amide bonds. The fourth-order valence-corrected chi connectivity index (χ4v) is 5.81. The number of halogens is 2. The molecule has 3 aromatic rings. The zero-order valence-electron chi connectivity index (χ0n) is 29.8. The second-order valence-electron chi connectivity index (χ2n) is 15.1. The summed E-state index contributed by atoms with van der Waals surface area (Å²) >= 11 is 0. The predicted molar refractivity (Wildman–Crippen MR) is 186 cm³/mol. The molecule has 7 nitrogen and oxygen atoms in total. The average molecular weight is 672 g/mol. The van der Waals surface area contributed by atoms with Gasteiger partial charge in [0.2, 0.25) is 0 Å². The van der Waals surface area contributed by atoms with Crippen LogP contribution in [0.2, 0.25) is 0 Å². The Morgan fingerprint density at radius 3 is 1.22 bits per heavy atom. The number of Topliss-reactive ketones (excluding diaryl/α,β-unsaturated/α-hetero) is 3. The molecule has 0 atom stereocenters. The van der Waals surface area contributed by atoms with E-state index in [2.05, 4.69) is 0 Å². The number of rotatable bonds is 11. The minimum absolute atomic E-state index is 0.00678. The van der Waals surface area contributed by atoms with Crippen LogP contribution in [0.3, 0.4) is 0 Å². The van der Waals surface area contributed by atoms with Crippen molar-refractivity contribution in [2.75, 3.05) is 0 Å². The van der Waals surface area contributed by atoms with Crippen LogP contribution >= 0.6 is 0 Å². The van der Waals surface area contributed by atoms with Crippen molar-refractivity contribution in [3.8, 4) is 0 Å². The van der Waals surface area contributed by atoms with Gasteiger partial charge in [-0.3, -0.25) is 14.4 Å². The molecule has 0 N–H and O–H groups in total. The summed E-state index contributed by atoms with van der Waals surface area (Å²) in [6.07, 6.45) is 0.530. The van der Waals surface area contributed by atoms with E-state index in [1.54, 1.807) is 24.3 Å². The average Bonchev–Trinajstić information content (AvgIpc) is 3.37. The highest BCUT2D eigenvalue weighted by Crippen LogP contribution is 2.37. The number of hydrogen-bond acceptors (Lipinski definition) is 7. The lowest BCUT2D eigenvalue weighted by molar-refractivity contribution is 0.00578. The maximum Gasteiger partial charge on any atom is 0.494 e. The Balaban J connectivity index is 1.23. The van der Waals surface area contributed by atoms with Crippen LogP contribution in [0.4, 0.5) is 8.78 Å². The SMILES string of the molecule is CC(=O)c1cc(CCC(=O)c2ccc(B3OC(C)(C)C(C)(C)O3)cc2F)cc(CCC(=O)c2ccc(B3OC(C)(C)C(C)(C)O3)cc2F)c1. The van der Waals surface area contributed by atoms with Crippen molar-refractivity contribution in [1.29, 1.82) is 0 Å². The van der Waals surface area contributed by atoms with Gasteiger partial charge in [0.1, 0.15) is 11.6 Å². The minimum Gasteiger partial charge on any atom is -0.399 e. The highest BCUT2D eigenvalue weighted by atomic mass is 19.1. The molecule has 2 aliphatic rings. The minimum atomic E-state index is -0.750. The zero-order valence-corrected chi connectivity index (χ0v) is 29.8. The summed E-state index contributed by atoms with van der Waals surface area (Å²) in [6, 6.07) is 13.9. The smallest absolute Gasteiger partial charge is 0.399 e. The van der Waals surface area contributed by atoms with Gasteiger partial charge in [-0.15, -0.1) is 0 Å². The number of carbonyl (C=O) groups is 3. The van der Waals surface area contributed by atoms with Crippen LogP contribution in [0.25, 0.3) is 0 Å². The Morgan fingerprint density at radius 1 is 0.571 bits per heavy atom. The van der Waals surface area contributed by atoms with Crippen LogP contribution < -0.4 is 10.9 Å². The van der Waals surface area contributed by atoms with E-state index in [0.29, 0.717) is 27.6 Å². The highest BCUT2D eigenvalue weighted by molar-refractivity contribution is 6.62. The molecule has 0 radical (unpaired) electrons. The lowest BCUT2D eigenvalue weighted by Crippen LogP contribution is -2.41. The third-order valence-corrected chi connectivity index (χ3v) is 10.4. The molecule has 0 saturated carbocycles. The molecule has 49 heavy (non-hydrogen) atoms. The number of aryl methyl sites for hydroxylation is 2. The maximum atomic E-state index is 15.2. The first kappa shape index (κ1) is 36.8. The van der Waals surface area contributed by atoms with E-state index >= 15 is 8.78 Å². The standard InChI is InChI=1S/C38H44B2F2O7/c1-23(43)26-19-24(10-16-33(44)29-14-12-27(21-31(29)41)39-46-35(2,3)36(4,5)47-39)18-25(20-26)11-17-34(45)30-15-13-28(22-32(30)42)40-48-37(6,7)38(8,9)49-40/h12-15,18-22H,10-11,16-17H2,1-9H3. The molecule has 0 aromatic heterocycles. The Morgan fingerprint density at radius 2 is 0.918 bits per heavy atom. The van der Waals surface area contributed by atoms with Gasteiger partial charge in [0.15, 0.2) is 17.3 Å². The van der Waals surface area contributed by atoms with Crippen LogP contribution in [0.5, 0.6) is 0 Å². The topological polar surface area (TPSA) is 88.1 Å². The van der Waals surface area contributed by atoms with E-state index in [1.807, 2.05) is 61.5 Å². The molecular formula is C38H44B2F2O7. The van der Waals surface area contributed by atoms with Crippen molar-refractivity contribution in [1.82, 2.24) is 0 Å². The molecule has 5 rings (SSSR count). The van der Waals surface area contributed by atoms with Gasteiger partial charge in [0.05, 0.1) is 33.5 Å². The fourth-order valence-electron chi connectivity index (χ4n) is 5.81. The monoisotopic (exact) mass is 672 g/mol. The van der Waals surface area contributed by atoms with E-state index in [4.69, 9.17) is 18.6 Å². The first-order valence-corrected chi connectivity index (χ1v) is 16.7. The summed E-state index contributed by atoms with van der Waals surface area (Å²) in [4.78, 5) is 38.5. The van der Waals surface area contributed by atoms with Crippen LogP contribution in [-0.4, -0.2) is 54.0 Å². The van der Waals surface area contributed by atoms with Crippen molar-refractivity contribution < 1.29 is 41.8 Å². The summed E-state index contributed by atoms with van der Waals surface area (Å²) < 4.78 is 54.3. The largest absolute Gasteiger partial charge is 0.494 e. The first-order chi connectivity index (χ1) is 22.7. The molecule has 2 heterocycles. The predicted octanol–water partition coefficient (Wildman–Crippen LogP) is 6.40. The highest BCUT2D eigenvalue weighted by Gasteiger charge is 2.53. The normalized spacial score (nSPS) is 18.9. The molecule has 0 unspecified atom stereocenters. The van der Waals surface area contributed by atoms with Gasteiger partial charge < -0.3 is 18.6 Å². The Kier molecular flexibility index (Phi) is 10.00. The molecule has 0 bridgehead atoms. The molecule has 258 valence electrons. The molecule has 0 spiro atoms. The number of ketones is 3. The Hall–Kier alpha value is -3.50. The Bertz CT molecular complexity index is 1650. The van der Waals surface area contributed by atoms with Gasteiger partial charge in [-0.25, -0.2) is 8.78 Å². The van der Waals surface area contributed by atoms with Crippen molar-refractivity contribution >= 4 is 42.5 Å². The van der Waals surface area contributed by atoms with Crippen molar-refractivity contribution in [2.45, 2.75) is 110 Å². The summed E-state index contributed by atoms with van der Waals surface area (Å²) in [5.41, 5.74) is 0.406. The van der Waals surface area contributed by atoms with Crippen molar-refractivity contribution in [3.63, 3.8) is 0 Å². The van der Waals surface area contributed by atoms with E-state index in [0.717, 1.165) is 0 Å². The van der Waals surface area contributed by atoms with E-state index in [-0.39, 0.29) is 54.2 Å². The van der Waals surface area contributed by atoms with E-state index in [9.17, 15) is 14.4 Å². The zero-order chi connectivity index (χ0) is 36.1. The quantitative estimate of drug-likeness (QED) is 0.172. The summed E-state index contributed by atoms with van der Waals surface area (Å²) in [7, 11) is -1.50. The van der Waals surface area contributed by atoms with Crippen molar-refractivity contribution in [3.05, 3.63) is 94.0 Å². The molecule has 3 aromatic carbocycles. The molecule has 2 saturated heterocycles. The Labute approximate surface area is 288 Å². The second kappa shape index (κ2) is 13.3. The van der Waals surface area contributed by atoms with Gasteiger partial charge in [0.25, 0.3) is 0 Å². The first-order valence-electron chi connectivity index (χ1n) is 16.7. The van der Waals surface area contributed by atoms with Gasteiger partial charge >= 0.3 is 14.2 Å². The van der Waals surface area contributed by atoms with Gasteiger partial charge in [-0.1, -0.05) is 18.2 Å². The second-order valence-corrected chi connectivity index (χ2v) is 15.1. The van der Waals surface area contributed by atoms with Crippen LogP contribution in [0, 0.1) is 11.6 Å². The van der Waals surface area contributed by atoms with Gasteiger partial charge in [0, 0.05) is 18.4 Å². The summed E-state index contributed by atoms with van der Waals surface area (Å²) in [5.74, 6) is -2.27. The van der Waals surface area contributed by atoms with Gasteiger partial charge in [-0.2, -0.15) is 0 Å². The number of carbonyl (C=O) groups excluding carboxylic acids is 3. The molecular weight excluding hydrogens is 628 g/mol. The number of hydrogen-bond donors (Lipinski definition) is 0. The third-order valence-electron chi connectivity index (χ3n) is 10.4. The maximum absolute atomic E-state index is 15.2. The summed E-state index contributed by atoms with van der Waals surface area (Å²) in [6.45, 7) is 16.7. The van der Waals surface area contributed by atoms with Crippen LogP contribution in [-0.2, 0) is 31.5 Å². The van der Waals surface area contributed by atoms with E-state index < -0.39 is 48.3 Å². The van der Waals surface area contributed by atoms with Crippen LogP contribution in [0.15, 0.2) is 54.6 Å². The van der Waals surface area contributed by atoms with E-state index in [1.165, 1.54) is 31.2 Å².